The van der Waals surface area contributed by atoms with Crippen LogP contribution in [0.1, 0.15) is 139 Å². The SMILES string of the molecule is CCCCCCCCN(CCCCCCCC)C[C@H]1C[C@@H](c2ccc(CO)cc2)O[C@@H](c2ccc(-c3cccc(CNC(=O)NCC(=O)OCC)c3)cc2)O1. The summed E-state index contributed by atoms with van der Waals surface area (Å²) >= 11 is 0. The van der Waals surface area contributed by atoms with Crippen molar-refractivity contribution >= 4 is 12.0 Å². The Morgan fingerprint density at radius 3 is 2.00 bits per heavy atom. The molecule has 0 spiro atoms. The highest BCUT2D eigenvalue weighted by Gasteiger charge is 2.33. The zero-order valence-corrected chi connectivity index (χ0v) is 33.7. The standard InChI is InChI=1S/C46H67N3O6/c1-4-7-9-11-13-15-28-49(29-16-14-12-10-8-5-2)34-42-31-43(39-22-20-36(35-50)21-23-39)55-45(54-42)40-26-24-38(25-27-40)41-19-17-18-37(30-41)32-47-46(52)48-33-44(51)53-6-3/h17-27,30,42-43,45,50H,4-16,28-29,31-35H2,1-3H3,(H2,47,48,52)/t42-,43+,45+/m1/s1. The second-order valence-electron chi connectivity index (χ2n) is 14.8. The number of amides is 2. The molecule has 3 aromatic carbocycles. The van der Waals surface area contributed by atoms with Gasteiger partial charge < -0.3 is 34.9 Å². The Morgan fingerprint density at radius 2 is 1.36 bits per heavy atom. The van der Waals surface area contributed by atoms with Gasteiger partial charge in [-0.3, -0.25) is 4.79 Å². The number of nitrogens with one attached hydrogen (secondary N) is 2. The number of carbonyl (C=O) groups excluding carboxylic acids is 2. The third-order valence-electron chi connectivity index (χ3n) is 10.3. The fourth-order valence-corrected chi connectivity index (χ4v) is 7.15. The van der Waals surface area contributed by atoms with Crippen LogP contribution in [0, 0.1) is 0 Å². The third kappa shape index (κ3) is 16.1. The fourth-order valence-electron chi connectivity index (χ4n) is 7.15. The van der Waals surface area contributed by atoms with Crippen LogP contribution in [0.3, 0.4) is 0 Å². The lowest BCUT2D eigenvalue weighted by atomic mass is 9.98. The van der Waals surface area contributed by atoms with E-state index in [0.717, 1.165) is 59.4 Å². The van der Waals surface area contributed by atoms with Crippen molar-refractivity contribution in [1.82, 2.24) is 15.5 Å². The van der Waals surface area contributed by atoms with Crippen molar-refractivity contribution in [2.75, 3.05) is 32.8 Å². The molecular weight excluding hydrogens is 691 g/mol. The Balaban J connectivity index is 1.44. The molecule has 0 radical (unpaired) electrons. The summed E-state index contributed by atoms with van der Waals surface area (Å²) in [6.07, 6.45) is 15.6. The lowest BCUT2D eigenvalue weighted by Crippen LogP contribution is -2.40. The molecule has 0 aliphatic carbocycles. The highest BCUT2D eigenvalue weighted by Crippen LogP contribution is 2.39. The first kappa shape index (κ1) is 44.0. The summed E-state index contributed by atoms with van der Waals surface area (Å²) in [5.41, 5.74) is 5.98. The van der Waals surface area contributed by atoms with Crippen LogP contribution in [0.5, 0.6) is 0 Å². The van der Waals surface area contributed by atoms with Crippen molar-refractivity contribution < 1.29 is 28.9 Å². The Kier molecular flexibility index (Phi) is 20.3. The van der Waals surface area contributed by atoms with Crippen LogP contribution in [0.4, 0.5) is 4.79 Å². The molecule has 55 heavy (non-hydrogen) atoms. The number of ether oxygens (including phenoxy) is 3. The molecule has 0 saturated carbocycles. The number of carbonyl (C=O) groups is 2. The number of benzene rings is 3. The molecule has 1 saturated heterocycles. The number of hydrogen-bond donors (Lipinski definition) is 3. The van der Waals surface area contributed by atoms with Gasteiger partial charge >= 0.3 is 12.0 Å². The normalized spacial score (nSPS) is 16.9. The number of nitrogens with zero attached hydrogens (tertiary/aromatic N) is 1. The van der Waals surface area contributed by atoms with Crippen molar-refractivity contribution in [1.29, 1.82) is 0 Å². The molecular formula is C46H67N3O6. The molecule has 1 fully saturated rings. The van der Waals surface area contributed by atoms with Gasteiger partial charge in [-0.25, -0.2) is 4.79 Å². The van der Waals surface area contributed by atoms with E-state index in [4.69, 9.17) is 14.2 Å². The van der Waals surface area contributed by atoms with Crippen LogP contribution in [-0.4, -0.2) is 60.9 Å². The lowest BCUT2D eigenvalue weighted by Gasteiger charge is -2.38. The van der Waals surface area contributed by atoms with Crippen molar-refractivity contribution in [2.45, 2.75) is 136 Å². The molecule has 4 rings (SSSR count). The van der Waals surface area contributed by atoms with E-state index in [0.29, 0.717) is 6.54 Å². The van der Waals surface area contributed by atoms with Crippen LogP contribution < -0.4 is 10.6 Å². The van der Waals surface area contributed by atoms with Gasteiger partial charge in [0.05, 0.1) is 25.4 Å². The summed E-state index contributed by atoms with van der Waals surface area (Å²) in [5, 5.41) is 15.0. The molecule has 0 unspecified atom stereocenters. The lowest BCUT2D eigenvalue weighted by molar-refractivity contribution is -0.253. The van der Waals surface area contributed by atoms with Gasteiger partial charge in [0.2, 0.25) is 0 Å². The summed E-state index contributed by atoms with van der Waals surface area (Å²) in [5.74, 6) is -0.469. The summed E-state index contributed by atoms with van der Waals surface area (Å²) < 4.78 is 18.4. The van der Waals surface area contributed by atoms with E-state index in [1.54, 1.807) is 6.92 Å². The summed E-state index contributed by atoms with van der Waals surface area (Å²) in [6, 6.07) is 24.1. The molecule has 2 amide bonds. The highest BCUT2D eigenvalue weighted by atomic mass is 16.7. The highest BCUT2D eigenvalue weighted by molar-refractivity contribution is 5.80. The minimum Gasteiger partial charge on any atom is -0.465 e. The molecule has 3 atom stereocenters. The molecule has 3 aromatic rings. The van der Waals surface area contributed by atoms with E-state index >= 15 is 0 Å². The number of hydrogen-bond acceptors (Lipinski definition) is 7. The quantitative estimate of drug-likeness (QED) is 0.0583. The van der Waals surface area contributed by atoms with E-state index in [-0.39, 0.29) is 32.0 Å². The number of urea groups is 1. The Bertz CT molecular complexity index is 1500. The number of aliphatic hydroxyl groups excluding tert-OH is 1. The monoisotopic (exact) mass is 758 g/mol. The Labute approximate surface area is 330 Å². The summed E-state index contributed by atoms with van der Waals surface area (Å²) in [4.78, 5) is 26.4. The predicted octanol–water partition coefficient (Wildman–Crippen LogP) is 9.78. The van der Waals surface area contributed by atoms with Crippen molar-refractivity contribution in [2.24, 2.45) is 0 Å². The van der Waals surface area contributed by atoms with Gasteiger partial charge in [-0.2, -0.15) is 0 Å². The fraction of sp³-hybridized carbons (Fsp3) is 0.565. The van der Waals surface area contributed by atoms with E-state index < -0.39 is 18.3 Å². The zero-order chi connectivity index (χ0) is 39.1. The molecule has 302 valence electrons. The van der Waals surface area contributed by atoms with Gasteiger partial charge in [0, 0.05) is 25.1 Å². The van der Waals surface area contributed by atoms with Crippen molar-refractivity contribution in [3.8, 4) is 11.1 Å². The first-order valence-corrected chi connectivity index (χ1v) is 21.0. The molecule has 1 aliphatic rings. The average molecular weight is 758 g/mol. The van der Waals surface area contributed by atoms with Gasteiger partial charge in [-0.05, 0) is 66.7 Å². The van der Waals surface area contributed by atoms with Gasteiger partial charge in [0.15, 0.2) is 6.29 Å². The topological polar surface area (TPSA) is 109 Å². The van der Waals surface area contributed by atoms with E-state index in [1.807, 2.05) is 24.3 Å². The van der Waals surface area contributed by atoms with Crippen LogP contribution in [-0.2, 0) is 32.2 Å². The average Bonchev–Trinajstić information content (AvgIpc) is 3.22. The molecule has 3 N–H and O–H groups in total. The third-order valence-corrected chi connectivity index (χ3v) is 10.3. The Hall–Kier alpha value is -3.76. The maximum Gasteiger partial charge on any atom is 0.325 e. The molecule has 0 bridgehead atoms. The zero-order valence-electron chi connectivity index (χ0n) is 33.7. The van der Waals surface area contributed by atoms with Gasteiger partial charge in [-0.1, -0.05) is 145 Å². The summed E-state index contributed by atoms with van der Waals surface area (Å²) in [6.45, 7) is 9.80. The smallest absolute Gasteiger partial charge is 0.325 e. The van der Waals surface area contributed by atoms with E-state index in [1.165, 1.54) is 77.0 Å². The number of aliphatic hydroxyl groups is 1. The first-order chi connectivity index (χ1) is 26.9. The second-order valence-corrected chi connectivity index (χ2v) is 14.8. The van der Waals surface area contributed by atoms with Gasteiger partial charge in [-0.15, -0.1) is 0 Å². The Morgan fingerprint density at radius 1 is 0.727 bits per heavy atom. The molecule has 1 heterocycles. The largest absolute Gasteiger partial charge is 0.465 e. The van der Waals surface area contributed by atoms with Gasteiger partial charge in [0.25, 0.3) is 0 Å². The minimum atomic E-state index is -0.510. The molecule has 0 aromatic heterocycles. The predicted molar refractivity (Wildman–Crippen MR) is 220 cm³/mol. The van der Waals surface area contributed by atoms with E-state index in [9.17, 15) is 14.7 Å². The van der Waals surface area contributed by atoms with E-state index in [2.05, 4.69) is 77.9 Å². The van der Waals surface area contributed by atoms with Crippen LogP contribution in [0.2, 0.25) is 0 Å². The number of esters is 1. The summed E-state index contributed by atoms with van der Waals surface area (Å²) in [7, 11) is 0. The van der Waals surface area contributed by atoms with Crippen molar-refractivity contribution in [3.05, 3.63) is 95.1 Å². The first-order valence-electron chi connectivity index (χ1n) is 21.0. The number of unbranched alkanes of at least 4 members (excludes halogenated alkanes) is 10. The van der Waals surface area contributed by atoms with Crippen LogP contribution in [0.25, 0.3) is 11.1 Å². The second kappa shape index (κ2) is 25.4. The van der Waals surface area contributed by atoms with Crippen LogP contribution in [0.15, 0.2) is 72.8 Å². The molecule has 1 aliphatic heterocycles. The van der Waals surface area contributed by atoms with Gasteiger partial charge in [0.1, 0.15) is 6.54 Å². The van der Waals surface area contributed by atoms with Crippen LogP contribution >= 0.6 is 0 Å². The number of rotatable bonds is 25. The molecule has 9 nitrogen and oxygen atoms in total. The minimum absolute atomic E-state index is 0.0137. The maximum absolute atomic E-state index is 12.2. The maximum atomic E-state index is 12.2. The molecule has 9 heteroatoms. The van der Waals surface area contributed by atoms with Crippen molar-refractivity contribution in [3.63, 3.8) is 0 Å².